The topological polar surface area (TPSA) is 59.0 Å². The zero-order chi connectivity index (χ0) is 14.4. The smallest absolute Gasteiger partial charge is 0.307 e. The highest BCUT2D eigenvalue weighted by Gasteiger charge is 2.27. The number of likely N-dealkylation sites (tertiary alicyclic amines) is 1. The summed E-state index contributed by atoms with van der Waals surface area (Å²) in [7, 11) is 0. The number of para-hydroxylation sites is 2. The van der Waals surface area contributed by atoms with Crippen LogP contribution in [0.1, 0.15) is 13.3 Å². The van der Waals surface area contributed by atoms with E-state index in [2.05, 4.69) is 4.90 Å². The summed E-state index contributed by atoms with van der Waals surface area (Å²) < 4.78 is 11.2. The molecule has 1 aliphatic rings. The van der Waals surface area contributed by atoms with E-state index in [0.717, 1.165) is 31.0 Å². The van der Waals surface area contributed by atoms with Crippen molar-refractivity contribution >= 4 is 5.97 Å². The van der Waals surface area contributed by atoms with Gasteiger partial charge >= 0.3 is 5.97 Å². The zero-order valence-electron chi connectivity index (χ0n) is 11.7. The molecule has 1 heterocycles. The number of nitrogens with zero attached hydrogens (tertiary/aromatic N) is 1. The Labute approximate surface area is 119 Å². The van der Waals surface area contributed by atoms with Gasteiger partial charge in [0.15, 0.2) is 11.5 Å². The van der Waals surface area contributed by atoms with Gasteiger partial charge in [0.25, 0.3) is 0 Å². The molecule has 1 saturated heterocycles. The minimum atomic E-state index is -0.699. The molecule has 0 saturated carbocycles. The summed E-state index contributed by atoms with van der Waals surface area (Å²) in [5, 5.41) is 8.96. The first-order valence-electron chi connectivity index (χ1n) is 7.00. The van der Waals surface area contributed by atoms with Crippen molar-refractivity contribution < 1.29 is 19.4 Å². The summed E-state index contributed by atoms with van der Waals surface area (Å²) in [5.41, 5.74) is 0. The first kappa shape index (κ1) is 14.7. The van der Waals surface area contributed by atoms with Gasteiger partial charge in [0, 0.05) is 13.1 Å². The van der Waals surface area contributed by atoms with Crippen LogP contribution in [0.3, 0.4) is 0 Å². The fraction of sp³-hybridized carbons (Fsp3) is 0.533. The van der Waals surface area contributed by atoms with E-state index >= 15 is 0 Å². The third-order valence-corrected chi connectivity index (χ3v) is 3.44. The van der Waals surface area contributed by atoms with Gasteiger partial charge in [0.1, 0.15) is 6.61 Å². The molecule has 1 aromatic carbocycles. The number of hydrogen-bond acceptors (Lipinski definition) is 4. The second kappa shape index (κ2) is 7.14. The third kappa shape index (κ3) is 3.87. The molecule has 1 atom stereocenters. The Morgan fingerprint density at radius 2 is 2.05 bits per heavy atom. The highest BCUT2D eigenvalue weighted by atomic mass is 16.5. The van der Waals surface area contributed by atoms with Crippen molar-refractivity contribution in [2.24, 2.45) is 5.92 Å². The number of aliphatic carboxylic acids is 1. The molecule has 1 fully saturated rings. The fourth-order valence-corrected chi connectivity index (χ4v) is 2.37. The van der Waals surface area contributed by atoms with E-state index < -0.39 is 5.97 Å². The second-order valence-corrected chi connectivity index (χ2v) is 4.85. The third-order valence-electron chi connectivity index (χ3n) is 3.44. The summed E-state index contributed by atoms with van der Waals surface area (Å²) >= 11 is 0. The highest BCUT2D eigenvalue weighted by Crippen LogP contribution is 2.26. The molecule has 0 bridgehead atoms. The maximum Gasteiger partial charge on any atom is 0.307 e. The molecule has 0 amide bonds. The summed E-state index contributed by atoms with van der Waals surface area (Å²) in [6.07, 6.45) is 0.727. The van der Waals surface area contributed by atoms with Crippen LogP contribution in [-0.2, 0) is 4.79 Å². The molecule has 1 N–H and O–H groups in total. The van der Waals surface area contributed by atoms with Crippen molar-refractivity contribution in [3.8, 4) is 11.5 Å². The van der Waals surface area contributed by atoms with Crippen molar-refractivity contribution in [1.29, 1.82) is 0 Å². The van der Waals surface area contributed by atoms with E-state index in [-0.39, 0.29) is 5.92 Å². The molecule has 5 nitrogen and oxygen atoms in total. The van der Waals surface area contributed by atoms with Gasteiger partial charge in [-0.15, -0.1) is 0 Å². The maximum atomic E-state index is 10.9. The molecule has 0 unspecified atom stereocenters. The Morgan fingerprint density at radius 1 is 1.35 bits per heavy atom. The molecule has 0 aliphatic carbocycles. The number of rotatable bonds is 7. The lowest BCUT2D eigenvalue weighted by Gasteiger charge is -2.16. The van der Waals surface area contributed by atoms with Crippen LogP contribution < -0.4 is 9.47 Å². The zero-order valence-corrected chi connectivity index (χ0v) is 11.7. The summed E-state index contributed by atoms with van der Waals surface area (Å²) in [6.45, 7) is 5.26. The lowest BCUT2D eigenvalue weighted by Crippen LogP contribution is -2.27. The van der Waals surface area contributed by atoms with Crippen LogP contribution in [0.15, 0.2) is 24.3 Å². The second-order valence-electron chi connectivity index (χ2n) is 4.85. The van der Waals surface area contributed by atoms with Crippen LogP contribution in [0.5, 0.6) is 11.5 Å². The molecule has 1 aliphatic heterocycles. The molecule has 110 valence electrons. The Kier molecular flexibility index (Phi) is 5.24. The number of benzene rings is 1. The average molecular weight is 279 g/mol. The summed E-state index contributed by atoms with van der Waals surface area (Å²) in [5.74, 6) is 0.559. The Morgan fingerprint density at radius 3 is 2.65 bits per heavy atom. The van der Waals surface area contributed by atoms with Crippen LogP contribution in [0.25, 0.3) is 0 Å². The van der Waals surface area contributed by atoms with Gasteiger partial charge in [-0.2, -0.15) is 0 Å². The minimum absolute atomic E-state index is 0.231. The molecule has 20 heavy (non-hydrogen) atoms. The molecule has 0 radical (unpaired) electrons. The summed E-state index contributed by atoms with van der Waals surface area (Å²) in [4.78, 5) is 13.0. The molecule has 2 rings (SSSR count). The van der Waals surface area contributed by atoms with Crippen molar-refractivity contribution in [2.75, 3.05) is 32.8 Å². The van der Waals surface area contributed by atoms with E-state index in [0.29, 0.717) is 19.8 Å². The normalized spacial score (nSPS) is 18.9. The fourth-order valence-electron chi connectivity index (χ4n) is 2.37. The number of ether oxygens (including phenoxy) is 2. The van der Waals surface area contributed by atoms with Gasteiger partial charge in [-0.25, -0.2) is 0 Å². The van der Waals surface area contributed by atoms with Gasteiger partial charge < -0.3 is 14.6 Å². The number of carbonyl (C=O) groups is 1. The molecule has 0 spiro atoms. The largest absolute Gasteiger partial charge is 0.490 e. The molecular formula is C15H21NO4. The van der Waals surface area contributed by atoms with Crippen LogP contribution in [0, 0.1) is 5.92 Å². The van der Waals surface area contributed by atoms with Gasteiger partial charge in [-0.1, -0.05) is 12.1 Å². The summed E-state index contributed by atoms with van der Waals surface area (Å²) in [6, 6.07) is 7.59. The van der Waals surface area contributed by atoms with Crippen LogP contribution in [-0.4, -0.2) is 48.8 Å². The number of hydrogen-bond donors (Lipinski definition) is 1. The van der Waals surface area contributed by atoms with Crippen molar-refractivity contribution in [2.45, 2.75) is 13.3 Å². The predicted octanol–water partition coefficient (Wildman–Crippen LogP) is 1.87. The van der Waals surface area contributed by atoms with E-state index in [1.54, 1.807) is 0 Å². The van der Waals surface area contributed by atoms with Gasteiger partial charge in [-0.3, -0.25) is 9.69 Å². The predicted molar refractivity (Wildman–Crippen MR) is 75.3 cm³/mol. The first-order chi connectivity index (χ1) is 9.70. The Balaban J connectivity index is 1.78. The Hall–Kier alpha value is -1.75. The van der Waals surface area contributed by atoms with Crippen LogP contribution in [0.2, 0.25) is 0 Å². The molecule has 1 aromatic rings. The van der Waals surface area contributed by atoms with Crippen LogP contribution in [0.4, 0.5) is 0 Å². The highest BCUT2D eigenvalue weighted by molar-refractivity contribution is 5.70. The van der Waals surface area contributed by atoms with E-state index in [4.69, 9.17) is 14.6 Å². The van der Waals surface area contributed by atoms with Gasteiger partial charge in [0.2, 0.25) is 0 Å². The monoisotopic (exact) mass is 279 g/mol. The van der Waals surface area contributed by atoms with E-state index in [1.807, 2.05) is 31.2 Å². The lowest BCUT2D eigenvalue weighted by atomic mass is 10.1. The van der Waals surface area contributed by atoms with E-state index in [1.165, 1.54) is 0 Å². The average Bonchev–Trinajstić information content (AvgIpc) is 2.90. The maximum absolute atomic E-state index is 10.9. The quantitative estimate of drug-likeness (QED) is 0.825. The van der Waals surface area contributed by atoms with Crippen LogP contribution >= 0.6 is 0 Å². The molecule has 5 heteroatoms. The number of carboxylic acids is 1. The van der Waals surface area contributed by atoms with Crippen molar-refractivity contribution in [3.05, 3.63) is 24.3 Å². The van der Waals surface area contributed by atoms with Gasteiger partial charge in [-0.05, 0) is 32.0 Å². The SMILES string of the molecule is CCOc1ccccc1OCCN1CC[C@@H](C(=O)O)C1. The first-order valence-corrected chi connectivity index (χ1v) is 7.00. The Bertz CT molecular complexity index is 449. The van der Waals surface area contributed by atoms with E-state index in [9.17, 15) is 4.79 Å². The minimum Gasteiger partial charge on any atom is -0.490 e. The van der Waals surface area contributed by atoms with Crippen molar-refractivity contribution in [1.82, 2.24) is 4.90 Å². The lowest BCUT2D eigenvalue weighted by molar-refractivity contribution is -0.141. The number of carboxylic acid groups (broad SMARTS) is 1. The molecular weight excluding hydrogens is 258 g/mol. The molecule has 0 aromatic heterocycles. The standard InChI is InChI=1S/C15H21NO4/c1-2-19-13-5-3-4-6-14(13)20-10-9-16-8-7-12(11-16)15(17)18/h3-6,12H,2,7-11H2,1H3,(H,17,18)/t12-/m1/s1. The van der Waals surface area contributed by atoms with Crippen molar-refractivity contribution in [3.63, 3.8) is 0 Å². The van der Waals surface area contributed by atoms with Gasteiger partial charge in [0.05, 0.1) is 12.5 Å².